The Balaban J connectivity index is 1.98. The molecule has 1 heterocycles. The molecule has 128 valence electrons. The molecule has 0 unspecified atom stereocenters. The number of carbonyl (C=O) groups is 1. The number of nitrogens with one attached hydrogen (secondary N) is 1. The summed E-state index contributed by atoms with van der Waals surface area (Å²) in [5.74, 6) is -0.143. The number of halogens is 1. The van der Waals surface area contributed by atoms with Crippen molar-refractivity contribution < 1.29 is 13.2 Å². The SMILES string of the molecule is CC(=O)N(CCNS(=O)(=O)c1ccccc1Cl)Cc1cccnc1. The van der Waals surface area contributed by atoms with Crippen molar-refractivity contribution >= 4 is 27.5 Å². The predicted molar refractivity (Wildman–Crippen MR) is 92.0 cm³/mol. The molecule has 1 aromatic carbocycles. The second-order valence-electron chi connectivity index (χ2n) is 5.13. The summed E-state index contributed by atoms with van der Waals surface area (Å²) in [5, 5.41) is 0.156. The number of hydrogen-bond acceptors (Lipinski definition) is 4. The van der Waals surface area contributed by atoms with Gasteiger partial charge in [-0.25, -0.2) is 13.1 Å². The number of carbonyl (C=O) groups excluding carboxylic acids is 1. The first-order valence-corrected chi connectivity index (χ1v) is 9.15. The second-order valence-corrected chi connectivity index (χ2v) is 7.27. The highest BCUT2D eigenvalue weighted by Crippen LogP contribution is 2.19. The van der Waals surface area contributed by atoms with Crippen LogP contribution in [0.5, 0.6) is 0 Å². The molecule has 0 saturated carbocycles. The van der Waals surface area contributed by atoms with Crippen LogP contribution in [-0.4, -0.2) is 37.3 Å². The van der Waals surface area contributed by atoms with E-state index in [-0.39, 0.29) is 28.9 Å². The van der Waals surface area contributed by atoms with Crippen molar-refractivity contribution in [1.82, 2.24) is 14.6 Å². The van der Waals surface area contributed by atoms with E-state index in [9.17, 15) is 13.2 Å². The summed E-state index contributed by atoms with van der Waals surface area (Å²) in [5.41, 5.74) is 0.877. The molecular weight excluding hydrogens is 350 g/mol. The molecule has 1 N–H and O–H groups in total. The van der Waals surface area contributed by atoms with E-state index in [0.717, 1.165) is 5.56 Å². The van der Waals surface area contributed by atoms with Gasteiger partial charge in [0.25, 0.3) is 0 Å². The van der Waals surface area contributed by atoms with Crippen molar-refractivity contribution in [1.29, 1.82) is 0 Å². The van der Waals surface area contributed by atoms with Crippen molar-refractivity contribution in [2.75, 3.05) is 13.1 Å². The van der Waals surface area contributed by atoms with Crippen LogP contribution in [0.15, 0.2) is 53.7 Å². The lowest BCUT2D eigenvalue weighted by atomic mass is 10.2. The van der Waals surface area contributed by atoms with Gasteiger partial charge in [-0.05, 0) is 23.8 Å². The topological polar surface area (TPSA) is 79.4 Å². The average Bonchev–Trinajstić information content (AvgIpc) is 2.55. The van der Waals surface area contributed by atoms with Crippen LogP contribution in [0, 0.1) is 0 Å². The molecule has 0 aliphatic carbocycles. The Morgan fingerprint density at radius 1 is 1.25 bits per heavy atom. The van der Waals surface area contributed by atoms with Crippen molar-refractivity contribution in [2.45, 2.75) is 18.4 Å². The molecular formula is C16H18ClN3O3S. The molecule has 0 atom stereocenters. The lowest BCUT2D eigenvalue weighted by Gasteiger charge is -2.21. The third kappa shape index (κ3) is 5.02. The summed E-state index contributed by atoms with van der Waals surface area (Å²) in [6.07, 6.45) is 3.32. The number of hydrogen-bond donors (Lipinski definition) is 1. The average molecular weight is 368 g/mol. The summed E-state index contributed by atoms with van der Waals surface area (Å²) < 4.78 is 27.0. The zero-order valence-electron chi connectivity index (χ0n) is 13.1. The summed E-state index contributed by atoms with van der Waals surface area (Å²) in [6, 6.07) is 9.85. The third-order valence-corrected chi connectivity index (χ3v) is 5.30. The molecule has 8 heteroatoms. The molecule has 0 radical (unpaired) electrons. The number of pyridine rings is 1. The molecule has 0 aliphatic rings. The van der Waals surface area contributed by atoms with Crippen LogP contribution >= 0.6 is 11.6 Å². The largest absolute Gasteiger partial charge is 0.337 e. The molecule has 0 aliphatic heterocycles. The maximum absolute atomic E-state index is 12.3. The fraction of sp³-hybridized carbons (Fsp3) is 0.250. The van der Waals surface area contributed by atoms with Crippen LogP contribution in [0.3, 0.4) is 0 Å². The van der Waals surface area contributed by atoms with E-state index in [1.807, 2.05) is 6.07 Å². The maximum Gasteiger partial charge on any atom is 0.242 e. The number of rotatable bonds is 7. The van der Waals surface area contributed by atoms with E-state index in [0.29, 0.717) is 6.54 Å². The van der Waals surface area contributed by atoms with Crippen molar-refractivity contribution in [3.05, 3.63) is 59.4 Å². The highest BCUT2D eigenvalue weighted by molar-refractivity contribution is 7.89. The molecule has 2 rings (SSSR count). The Morgan fingerprint density at radius 2 is 2.00 bits per heavy atom. The van der Waals surface area contributed by atoms with Crippen LogP contribution < -0.4 is 4.72 Å². The van der Waals surface area contributed by atoms with E-state index >= 15 is 0 Å². The van der Waals surface area contributed by atoms with E-state index in [4.69, 9.17) is 11.6 Å². The fourth-order valence-corrected chi connectivity index (χ4v) is 3.65. The highest BCUT2D eigenvalue weighted by Gasteiger charge is 2.18. The molecule has 0 spiro atoms. The monoisotopic (exact) mass is 367 g/mol. The van der Waals surface area contributed by atoms with Gasteiger partial charge in [-0.15, -0.1) is 0 Å². The minimum atomic E-state index is -3.72. The molecule has 1 aromatic heterocycles. The smallest absolute Gasteiger partial charge is 0.242 e. The second kappa shape index (κ2) is 8.23. The van der Waals surface area contributed by atoms with Crippen LogP contribution in [0.1, 0.15) is 12.5 Å². The number of nitrogens with zero attached hydrogens (tertiary/aromatic N) is 2. The van der Waals surface area contributed by atoms with Crippen LogP contribution in [0.25, 0.3) is 0 Å². The first-order chi connectivity index (χ1) is 11.4. The standard InChI is InChI=1S/C16H18ClN3O3S/c1-13(21)20(12-14-5-4-8-18-11-14)10-9-19-24(22,23)16-7-3-2-6-15(16)17/h2-8,11,19H,9-10,12H2,1H3. The lowest BCUT2D eigenvalue weighted by molar-refractivity contribution is -0.129. The Morgan fingerprint density at radius 3 is 2.62 bits per heavy atom. The van der Waals surface area contributed by atoms with Crippen molar-refractivity contribution in [3.63, 3.8) is 0 Å². The number of benzene rings is 1. The Labute approximate surface area is 146 Å². The van der Waals surface area contributed by atoms with Gasteiger partial charge in [0, 0.05) is 39.0 Å². The van der Waals surface area contributed by atoms with Crippen molar-refractivity contribution in [2.24, 2.45) is 0 Å². The van der Waals surface area contributed by atoms with Gasteiger partial charge in [-0.2, -0.15) is 0 Å². The van der Waals surface area contributed by atoms with Crippen LogP contribution in [0.4, 0.5) is 0 Å². The van der Waals surface area contributed by atoms with Gasteiger partial charge in [-0.1, -0.05) is 29.8 Å². The molecule has 6 nitrogen and oxygen atoms in total. The zero-order chi connectivity index (χ0) is 17.6. The van der Waals surface area contributed by atoms with E-state index in [1.54, 1.807) is 35.5 Å². The lowest BCUT2D eigenvalue weighted by Crippen LogP contribution is -2.37. The minimum absolute atomic E-state index is 0.0216. The molecule has 2 aromatic rings. The summed E-state index contributed by atoms with van der Waals surface area (Å²) in [4.78, 5) is 17.3. The van der Waals surface area contributed by atoms with Gasteiger partial charge in [0.2, 0.25) is 15.9 Å². The van der Waals surface area contributed by atoms with Gasteiger partial charge < -0.3 is 4.90 Å². The molecule has 0 fully saturated rings. The van der Waals surface area contributed by atoms with Crippen molar-refractivity contribution in [3.8, 4) is 0 Å². The Bertz CT molecular complexity index is 797. The molecule has 0 saturated heterocycles. The number of sulfonamides is 1. The normalized spacial score (nSPS) is 11.2. The van der Waals surface area contributed by atoms with E-state index < -0.39 is 10.0 Å². The van der Waals surface area contributed by atoms with Gasteiger partial charge >= 0.3 is 0 Å². The zero-order valence-corrected chi connectivity index (χ0v) is 14.7. The molecule has 0 bridgehead atoms. The Hall–Kier alpha value is -1.96. The molecule has 1 amide bonds. The van der Waals surface area contributed by atoms with Gasteiger partial charge in [-0.3, -0.25) is 9.78 Å². The maximum atomic E-state index is 12.3. The number of aromatic nitrogens is 1. The predicted octanol–water partition coefficient (Wildman–Crippen LogP) is 2.06. The first-order valence-electron chi connectivity index (χ1n) is 7.29. The highest BCUT2D eigenvalue weighted by atomic mass is 35.5. The summed E-state index contributed by atoms with van der Waals surface area (Å²) in [6.45, 7) is 2.15. The number of amides is 1. The first kappa shape index (κ1) is 18.4. The van der Waals surface area contributed by atoms with E-state index in [1.165, 1.54) is 19.1 Å². The van der Waals surface area contributed by atoms with Crippen LogP contribution in [-0.2, 0) is 21.4 Å². The third-order valence-electron chi connectivity index (χ3n) is 3.34. The van der Waals surface area contributed by atoms with Gasteiger partial charge in [0.1, 0.15) is 4.90 Å². The summed E-state index contributed by atoms with van der Waals surface area (Å²) >= 11 is 5.92. The Kier molecular flexibility index (Phi) is 6.30. The van der Waals surface area contributed by atoms with Crippen LogP contribution in [0.2, 0.25) is 5.02 Å². The molecule has 24 heavy (non-hydrogen) atoms. The quantitative estimate of drug-likeness (QED) is 0.812. The minimum Gasteiger partial charge on any atom is -0.337 e. The van der Waals surface area contributed by atoms with Gasteiger partial charge in [0.05, 0.1) is 5.02 Å². The summed E-state index contributed by atoms with van der Waals surface area (Å²) in [7, 11) is -3.72. The van der Waals surface area contributed by atoms with E-state index in [2.05, 4.69) is 9.71 Å². The van der Waals surface area contributed by atoms with Gasteiger partial charge in [0.15, 0.2) is 0 Å². The fourth-order valence-electron chi connectivity index (χ4n) is 2.12.